The topological polar surface area (TPSA) is 0 Å². The van der Waals surface area contributed by atoms with Crippen molar-refractivity contribution >= 4 is 117 Å². The zero-order valence-electron chi connectivity index (χ0n) is 49.9. The van der Waals surface area contributed by atoms with Gasteiger partial charge in [0.1, 0.15) is 8.07 Å². The molecule has 0 atom stereocenters. The van der Waals surface area contributed by atoms with Crippen molar-refractivity contribution in [3.63, 3.8) is 0 Å². The van der Waals surface area contributed by atoms with E-state index in [0.29, 0.717) is 16.6 Å². The Morgan fingerprint density at radius 1 is 0.289 bits per heavy atom. The summed E-state index contributed by atoms with van der Waals surface area (Å²) in [5.41, 5.74) is 15.2. The molecule has 0 unspecified atom stereocenters. The zero-order chi connectivity index (χ0) is 58.1. The Hall–Kier alpha value is -8.09. The third-order valence-corrected chi connectivity index (χ3v) is 24.8. The number of halogens is 1. The van der Waals surface area contributed by atoms with E-state index in [1.807, 2.05) is 0 Å². The molecule has 0 saturated heterocycles. The van der Waals surface area contributed by atoms with Crippen LogP contribution in [-0.4, -0.2) is 8.07 Å². The highest BCUT2D eigenvalue weighted by Crippen LogP contribution is 2.44. The maximum absolute atomic E-state index is 4.04. The van der Waals surface area contributed by atoms with Gasteiger partial charge < -0.3 is 0 Å². The molecule has 83 heavy (non-hydrogen) atoms. The van der Waals surface area contributed by atoms with Gasteiger partial charge in [0.15, 0.2) is 0 Å². The van der Waals surface area contributed by atoms with Crippen LogP contribution in [0, 0.1) is 50.6 Å². The van der Waals surface area contributed by atoms with Crippen molar-refractivity contribution in [2.75, 3.05) is 0 Å². The minimum atomic E-state index is -1.97. The minimum Gasteiger partial charge on any atom is -0.125 e. The second-order valence-electron chi connectivity index (χ2n) is 25.7. The first kappa shape index (κ1) is 55.4. The zero-order valence-corrected chi connectivity index (χ0v) is 53.1. The largest absolute Gasteiger partial charge is 0.146 e. The molecule has 2 heteroatoms. The van der Waals surface area contributed by atoms with Crippen LogP contribution in [0.2, 0.25) is 16.6 Å². The summed E-state index contributed by atoms with van der Waals surface area (Å²) in [7, 11) is -1.97. The molecule has 0 nitrogen and oxygen atoms in total. The number of benzene rings is 12. The third kappa shape index (κ3) is 10.1. The monoisotopic (exact) mass is 1200 g/mol. The van der Waals surface area contributed by atoms with Crippen LogP contribution in [0.4, 0.5) is 0 Å². The Bertz CT molecular complexity index is 4920. The summed E-state index contributed by atoms with van der Waals surface area (Å²) in [5, 5.41) is 19.0. The van der Waals surface area contributed by atoms with Gasteiger partial charge in [0.25, 0.3) is 0 Å². The average molecular weight is 1200 g/mol. The van der Waals surface area contributed by atoms with Gasteiger partial charge in [-0.2, -0.15) is 0 Å². The number of hydrogen-bond acceptors (Lipinski definition) is 0. The molecule has 0 saturated carbocycles. The first-order valence-electron chi connectivity index (χ1n) is 29.4. The van der Waals surface area contributed by atoms with E-state index in [1.54, 1.807) is 0 Å². The van der Waals surface area contributed by atoms with Gasteiger partial charge in [0.05, 0.1) is 0 Å². The van der Waals surface area contributed by atoms with Gasteiger partial charge in [-0.3, -0.25) is 0 Å². The Balaban J connectivity index is 0.966. The molecule has 12 aromatic carbocycles. The summed E-state index contributed by atoms with van der Waals surface area (Å²) < 4.78 is 1.24. The van der Waals surface area contributed by atoms with Crippen LogP contribution in [-0.2, 0) is 10.8 Å². The summed E-state index contributed by atoms with van der Waals surface area (Å²) in [6.07, 6.45) is 0. The van der Waals surface area contributed by atoms with Crippen LogP contribution < -0.4 is 0 Å². The van der Waals surface area contributed by atoms with Crippen LogP contribution in [0.25, 0.3) is 86.2 Å². The SMILES string of the molecule is CC(C)[Si](C#Cc1cccc2c(C(C)(C)C)c3cccc(C#Cc4cccc5cc6cccc(C#Cc7cccc8c(C(C)(C)C)c9cccc(C#Cc%10cccc%11cc%12cccc(I)c%12cc%10%11)c9cc78)c6cc45)c3cc12)(C(C)C)C(C)C. The summed E-state index contributed by atoms with van der Waals surface area (Å²) in [6, 6.07) is 66.4. The van der Waals surface area contributed by atoms with Crippen molar-refractivity contribution in [2.45, 2.75) is 111 Å². The molecule has 0 N–H and O–H groups in total. The van der Waals surface area contributed by atoms with Crippen molar-refractivity contribution in [3.8, 4) is 47.0 Å². The molecule has 12 rings (SSSR count). The van der Waals surface area contributed by atoms with E-state index in [4.69, 9.17) is 0 Å². The molecule has 0 heterocycles. The fourth-order valence-corrected chi connectivity index (χ4v) is 19.7. The fraction of sp³-hybridized carbons (Fsp3) is 0.210. The number of rotatable bonds is 3. The summed E-state index contributed by atoms with van der Waals surface area (Å²) >= 11 is 2.44. The van der Waals surface area contributed by atoms with Crippen LogP contribution in [0.5, 0.6) is 0 Å². The van der Waals surface area contributed by atoms with Gasteiger partial charge in [-0.1, -0.05) is 222 Å². The molecule has 0 radical (unpaired) electrons. The Labute approximate surface area is 506 Å². The van der Waals surface area contributed by atoms with E-state index in [1.165, 1.54) is 68.6 Å². The minimum absolute atomic E-state index is 0.120. The molecule has 404 valence electrons. The van der Waals surface area contributed by atoms with Gasteiger partial charge in [-0.05, 0) is 232 Å². The molecular formula is C81H69ISi. The van der Waals surface area contributed by atoms with Crippen molar-refractivity contribution in [1.29, 1.82) is 0 Å². The standard InChI is InChI=1S/C81H69ISi/c1-51(2)83(52(3)4,53(5)6)44-43-60-27-19-35-68-75(60)50-74-59(26-18-34-67(74)79(68)81(10,11)12)41-38-55-22-14-29-62-45-61-28-13-21-54(69(61)47-70(55)62)37-40-57-24-16-32-65-72(57)49-73-58(25-17-33-66(73)78(65)80(7,8)9)42-39-56-23-15-30-63-46-64-31-20-36-77(82)76(64)48-71(56)63/h13-36,45-53H,1-12H3. The first-order valence-corrected chi connectivity index (χ1v) is 32.7. The number of hydrogen-bond donors (Lipinski definition) is 0. The molecule has 0 aliphatic heterocycles. The van der Waals surface area contributed by atoms with Crippen molar-refractivity contribution < 1.29 is 0 Å². The predicted octanol–water partition coefficient (Wildman–Crippen LogP) is 21.9. The molecule has 0 aliphatic rings. The Morgan fingerprint density at radius 2 is 0.542 bits per heavy atom. The lowest BCUT2D eigenvalue weighted by molar-refractivity contribution is 0.601. The average Bonchev–Trinajstić information content (AvgIpc) is 2.96. The lowest BCUT2D eigenvalue weighted by atomic mass is 9.79. The third-order valence-electron chi connectivity index (χ3n) is 17.6. The summed E-state index contributed by atoms with van der Waals surface area (Å²) in [5.74, 6) is 26.0. The van der Waals surface area contributed by atoms with Crippen LogP contribution in [0.15, 0.2) is 182 Å². The molecule has 0 aliphatic carbocycles. The van der Waals surface area contributed by atoms with Gasteiger partial charge in [-0.25, -0.2) is 0 Å². The van der Waals surface area contributed by atoms with E-state index in [9.17, 15) is 0 Å². The van der Waals surface area contributed by atoms with Crippen LogP contribution in [0.1, 0.15) is 133 Å². The molecule has 0 fully saturated rings. The van der Waals surface area contributed by atoms with Gasteiger partial charge in [0.2, 0.25) is 0 Å². The maximum atomic E-state index is 4.04. The molecule has 0 aromatic heterocycles. The highest BCUT2D eigenvalue weighted by Gasteiger charge is 2.42. The van der Waals surface area contributed by atoms with Gasteiger partial charge in [0, 0.05) is 42.5 Å². The van der Waals surface area contributed by atoms with Gasteiger partial charge >= 0.3 is 0 Å². The van der Waals surface area contributed by atoms with Crippen molar-refractivity contribution in [1.82, 2.24) is 0 Å². The van der Waals surface area contributed by atoms with Gasteiger partial charge in [-0.15, -0.1) is 5.54 Å². The number of fused-ring (bicyclic) bond motifs is 8. The Kier molecular flexibility index (Phi) is 14.4. The lowest BCUT2D eigenvalue weighted by Gasteiger charge is -2.38. The van der Waals surface area contributed by atoms with E-state index in [2.05, 4.69) is 335 Å². The highest BCUT2D eigenvalue weighted by atomic mass is 127. The van der Waals surface area contributed by atoms with E-state index in [-0.39, 0.29) is 10.8 Å². The van der Waals surface area contributed by atoms with E-state index >= 15 is 0 Å². The van der Waals surface area contributed by atoms with E-state index < -0.39 is 8.07 Å². The molecule has 12 aromatic rings. The molecule has 0 amide bonds. The maximum Gasteiger partial charge on any atom is 0.146 e. The highest BCUT2D eigenvalue weighted by molar-refractivity contribution is 14.1. The van der Waals surface area contributed by atoms with Crippen molar-refractivity contribution in [3.05, 3.63) is 236 Å². The molecule has 0 spiro atoms. The lowest BCUT2D eigenvalue weighted by Crippen LogP contribution is -2.43. The van der Waals surface area contributed by atoms with Crippen molar-refractivity contribution in [2.24, 2.45) is 0 Å². The van der Waals surface area contributed by atoms with Crippen LogP contribution in [0.3, 0.4) is 0 Å². The second-order valence-corrected chi connectivity index (χ2v) is 32.5. The first-order chi connectivity index (χ1) is 39.8. The predicted molar refractivity (Wildman–Crippen MR) is 372 cm³/mol. The smallest absolute Gasteiger partial charge is 0.125 e. The summed E-state index contributed by atoms with van der Waals surface area (Å²) in [4.78, 5) is 0. The summed E-state index contributed by atoms with van der Waals surface area (Å²) in [6.45, 7) is 28.3. The normalized spacial score (nSPS) is 12.1. The fourth-order valence-electron chi connectivity index (χ4n) is 13.8. The molecule has 0 bridgehead atoms. The second kappa shape index (κ2) is 21.6. The van der Waals surface area contributed by atoms with Crippen LogP contribution >= 0.6 is 22.6 Å². The quantitative estimate of drug-likeness (QED) is 0.0716. The Morgan fingerprint density at radius 3 is 0.855 bits per heavy atom. The van der Waals surface area contributed by atoms with E-state index in [0.717, 1.165) is 71.3 Å². The molecular weight excluding hydrogens is 1130 g/mol.